The second-order valence-electron chi connectivity index (χ2n) is 5.16. The first-order valence-corrected chi connectivity index (χ1v) is 6.46. The molecule has 1 aliphatic heterocycles. The van der Waals surface area contributed by atoms with Gasteiger partial charge in [0, 0.05) is 6.61 Å². The van der Waals surface area contributed by atoms with Crippen LogP contribution in [0.25, 0.3) is 0 Å². The van der Waals surface area contributed by atoms with Gasteiger partial charge in [-0.15, -0.1) is 0 Å². The van der Waals surface area contributed by atoms with E-state index in [9.17, 15) is 5.11 Å². The van der Waals surface area contributed by atoms with Crippen LogP contribution < -0.4 is 0 Å². The Labute approximate surface area is 101 Å². The molecule has 1 saturated heterocycles. The van der Waals surface area contributed by atoms with Crippen LogP contribution in [0.15, 0.2) is 6.33 Å². The molecule has 1 atom stereocenters. The van der Waals surface area contributed by atoms with Crippen LogP contribution in [0.3, 0.4) is 0 Å². The van der Waals surface area contributed by atoms with Crippen LogP contribution in [0.4, 0.5) is 0 Å². The van der Waals surface area contributed by atoms with Crippen molar-refractivity contribution >= 4 is 0 Å². The summed E-state index contributed by atoms with van der Waals surface area (Å²) in [5.74, 6) is 0.671. The van der Waals surface area contributed by atoms with Crippen LogP contribution >= 0.6 is 0 Å². The van der Waals surface area contributed by atoms with Crippen LogP contribution in [0.2, 0.25) is 0 Å². The molecule has 0 bridgehead atoms. The quantitative estimate of drug-likeness (QED) is 0.845. The van der Waals surface area contributed by atoms with E-state index in [0.717, 1.165) is 19.4 Å². The van der Waals surface area contributed by atoms with Crippen LogP contribution in [0.5, 0.6) is 0 Å². The number of nitrogens with zero attached hydrogens (tertiary/aromatic N) is 3. The van der Waals surface area contributed by atoms with Gasteiger partial charge in [-0.3, -0.25) is 0 Å². The fraction of sp³-hybridized carbons (Fsp3) is 0.833. The molecular formula is C12H19N3O2. The largest absolute Gasteiger partial charge is 0.388 e. The van der Waals surface area contributed by atoms with Gasteiger partial charge in [0.1, 0.15) is 12.9 Å². The number of aliphatic hydroxyl groups excluding tert-OH is 1. The lowest BCUT2D eigenvalue weighted by Crippen LogP contribution is -2.38. The average molecular weight is 237 g/mol. The lowest BCUT2D eigenvalue weighted by Gasteiger charge is -2.38. The Bertz CT molecular complexity index is 385. The zero-order valence-electron chi connectivity index (χ0n) is 10.0. The first-order valence-electron chi connectivity index (χ1n) is 6.46. The number of aromatic nitrogens is 3. The molecule has 2 fully saturated rings. The molecule has 1 unspecified atom stereocenters. The molecule has 2 aliphatic rings. The number of rotatable bonds is 2. The average Bonchev–Trinajstić information content (AvgIpc) is 2.98. The third-order valence-electron chi connectivity index (χ3n) is 4.12. The Kier molecular flexibility index (Phi) is 2.88. The molecule has 1 N–H and O–H groups in total. The van der Waals surface area contributed by atoms with Gasteiger partial charge in [0.25, 0.3) is 0 Å². The molecule has 1 aromatic rings. The molecule has 5 heteroatoms. The lowest BCUT2D eigenvalue weighted by atomic mass is 9.89. The highest BCUT2D eigenvalue weighted by Gasteiger charge is 2.41. The normalized spacial score (nSPS) is 27.7. The van der Waals surface area contributed by atoms with Crippen molar-refractivity contribution in [3.05, 3.63) is 12.2 Å². The molecule has 5 nitrogen and oxygen atoms in total. The van der Waals surface area contributed by atoms with Crippen molar-refractivity contribution in [1.82, 2.24) is 14.8 Å². The maximum atomic E-state index is 9.24. The zero-order chi connectivity index (χ0) is 11.7. The highest BCUT2D eigenvalue weighted by atomic mass is 16.5. The molecule has 1 spiro atoms. The third kappa shape index (κ3) is 1.98. The molecule has 17 heavy (non-hydrogen) atoms. The first kappa shape index (κ1) is 11.2. The summed E-state index contributed by atoms with van der Waals surface area (Å²) < 4.78 is 7.90. The number of hydrogen-bond donors (Lipinski definition) is 1. The lowest BCUT2D eigenvalue weighted by molar-refractivity contribution is -0.0916. The molecule has 94 valence electrons. The Morgan fingerprint density at radius 1 is 1.47 bits per heavy atom. The van der Waals surface area contributed by atoms with Crippen LogP contribution in [0, 0.1) is 0 Å². The molecule has 0 radical (unpaired) electrons. The Morgan fingerprint density at radius 2 is 2.29 bits per heavy atom. The summed E-state index contributed by atoms with van der Waals surface area (Å²) in [6, 6.07) is 0.339. The van der Waals surface area contributed by atoms with Crippen LogP contribution in [-0.2, 0) is 11.3 Å². The highest BCUT2D eigenvalue weighted by Crippen LogP contribution is 2.43. The summed E-state index contributed by atoms with van der Waals surface area (Å²) in [5.41, 5.74) is 0.0849. The first-order chi connectivity index (χ1) is 8.33. The Balaban J connectivity index is 1.79. The van der Waals surface area contributed by atoms with Crippen molar-refractivity contribution in [2.24, 2.45) is 0 Å². The smallest absolute Gasteiger partial charge is 0.152 e. The second kappa shape index (κ2) is 4.38. The predicted octanol–water partition coefficient (Wildman–Crippen LogP) is 1.43. The van der Waals surface area contributed by atoms with E-state index in [1.54, 1.807) is 0 Å². The third-order valence-corrected chi connectivity index (χ3v) is 4.12. The van der Waals surface area contributed by atoms with Crippen molar-refractivity contribution < 1.29 is 9.84 Å². The van der Waals surface area contributed by atoms with Gasteiger partial charge >= 0.3 is 0 Å². The number of ether oxygens (including phenoxy) is 1. The van der Waals surface area contributed by atoms with E-state index in [-0.39, 0.29) is 12.2 Å². The van der Waals surface area contributed by atoms with E-state index >= 15 is 0 Å². The van der Waals surface area contributed by atoms with E-state index in [2.05, 4.69) is 10.1 Å². The number of aliphatic hydroxyl groups is 1. The minimum absolute atomic E-state index is 0.0373. The predicted molar refractivity (Wildman–Crippen MR) is 61.4 cm³/mol. The van der Waals surface area contributed by atoms with Crippen molar-refractivity contribution in [3.63, 3.8) is 0 Å². The molecule has 0 amide bonds. The topological polar surface area (TPSA) is 60.2 Å². The van der Waals surface area contributed by atoms with E-state index in [1.807, 2.05) is 4.68 Å². The molecule has 1 saturated carbocycles. The fourth-order valence-corrected chi connectivity index (χ4v) is 3.27. The maximum Gasteiger partial charge on any atom is 0.152 e. The Hall–Kier alpha value is -0.940. The van der Waals surface area contributed by atoms with E-state index in [0.29, 0.717) is 11.9 Å². The summed E-state index contributed by atoms with van der Waals surface area (Å²) in [6.45, 7) is 0.764. The Morgan fingerprint density at radius 3 is 3.06 bits per heavy atom. The molecule has 0 aromatic carbocycles. The van der Waals surface area contributed by atoms with Gasteiger partial charge in [0.05, 0.1) is 11.6 Å². The zero-order valence-corrected chi connectivity index (χ0v) is 10.0. The van der Waals surface area contributed by atoms with Crippen molar-refractivity contribution in [1.29, 1.82) is 0 Å². The summed E-state index contributed by atoms with van der Waals surface area (Å²) in [4.78, 5) is 4.09. The number of hydrogen-bond acceptors (Lipinski definition) is 4. The van der Waals surface area contributed by atoms with Gasteiger partial charge in [0.2, 0.25) is 0 Å². The molecule has 3 rings (SSSR count). The monoisotopic (exact) mass is 237 g/mol. The van der Waals surface area contributed by atoms with E-state index in [4.69, 9.17) is 4.74 Å². The van der Waals surface area contributed by atoms with Crippen LogP contribution in [0.1, 0.15) is 50.4 Å². The minimum atomic E-state index is -0.0373. The van der Waals surface area contributed by atoms with E-state index in [1.165, 1.54) is 32.0 Å². The minimum Gasteiger partial charge on any atom is -0.388 e. The van der Waals surface area contributed by atoms with Gasteiger partial charge in [0.15, 0.2) is 5.82 Å². The molecule has 1 aromatic heterocycles. The molecular weight excluding hydrogens is 218 g/mol. The summed E-state index contributed by atoms with van der Waals surface area (Å²) in [5, 5.41) is 13.5. The SMILES string of the molecule is OCc1ncnn1C1CCOC2(CCCC2)C1. The molecule has 2 heterocycles. The summed E-state index contributed by atoms with van der Waals surface area (Å²) >= 11 is 0. The molecule has 1 aliphatic carbocycles. The highest BCUT2D eigenvalue weighted by molar-refractivity contribution is 4.95. The van der Waals surface area contributed by atoms with Gasteiger partial charge in [-0.2, -0.15) is 5.10 Å². The van der Waals surface area contributed by atoms with E-state index < -0.39 is 0 Å². The second-order valence-corrected chi connectivity index (χ2v) is 5.16. The summed E-state index contributed by atoms with van der Waals surface area (Å²) in [6.07, 6.45) is 8.41. The van der Waals surface area contributed by atoms with Gasteiger partial charge in [-0.05, 0) is 25.7 Å². The van der Waals surface area contributed by atoms with Gasteiger partial charge in [-0.25, -0.2) is 9.67 Å². The van der Waals surface area contributed by atoms with Gasteiger partial charge < -0.3 is 9.84 Å². The fourth-order valence-electron chi connectivity index (χ4n) is 3.27. The van der Waals surface area contributed by atoms with Crippen LogP contribution in [-0.4, -0.2) is 32.1 Å². The summed E-state index contributed by atoms with van der Waals surface area (Å²) in [7, 11) is 0. The maximum absolute atomic E-state index is 9.24. The van der Waals surface area contributed by atoms with Crippen molar-refractivity contribution in [2.75, 3.05) is 6.61 Å². The van der Waals surface area contributed by atoms with Crippen molar-refractivity contribution in [3.8, 4) is 0 Å². The standard InChI is InChI=1S/C12H19N3O2/c16-8-11-13-9-14-15(11)10-3-6-17-12(7-10)4-1-2-5-12/h9-10,16H,1-8H2. The van der Waals surface area contributed by atoms with Crippen molar-refractivity contribution in [2.45, 2.75) is 56.8 Å². The van der Waals surface area contributed by atoms with Gasteiger partial charge in [-0.1, -0.05) is 12.8 Å².